The highest BCUT2D eigenvalue weighted by molar-refractivity contribution is 5.72. The van der Waals surface area contributed by atoms with Gasteiger partial charge >= 0.3 is 17.9 Å². The smallest absolute Gasteiger partial charge is 0.362 e. The average Bonchev–Trinajstić information content (AvgIpc) is 3.11. The molecule has 0 aromatic carbocycles. The molecule has 53 heavy (non-hydrogen) atoms. The maximum Gasteiger partial charge on any atom is 0.362 e. The van der Waals surface area contributed by atoms with Gasteiger partial charge in [0.05, 0.1) is 34.4 Å². The third-order valence-corrected chi connectivity index (χ3v) is 8.11. The van der Waals surface area contributed by atoms with E-state index in [0.29, 0.717) is 19.3 Å². The summed E-state index contributed by atoms with van der Waals surface area (Å²) in [6, 6.07) is -0.631. The molecule has 0 spiro atoms. The number of allylic oxidation sites excluding steroid dienone is 16. The predicted molar refractivity (Wildman–Crippen MR) is 219 cm³/mol. The molecular weight excluding hydrogens is 666 g/mol. The van der Waals surface area contributed by atoms with Crippen molar-refractivity contribution < 1.29 is 38.2 Å². The number of hydrogen-bond donors (Lipinski definition) is 1. The van der Waals surface area contributed by atoms with E-state index in [-0.39, 0.29) is 42.7 Å². The fraction of sp³-hybridized carbons (Fsp3) is 0.578. The fourth-order valence-electron chi connectivity index (χ4n) is 5.07. The molecule has 1 N–H and O–H groups in total. The van der Waals surface area contributed by atoms with Gasteiger partial charge in [-0.1, -0.05) is 130 Å². The molecule has 0 heterocycles. The lowest BCUT2D eigenvalue weighted by molar-refractivity contribution is -0.887. The Hall–Kier alpha value is -3.75. The van der Waals surface area contributed by atoms with Crippen molar-refractivity contribution in [2.24, 2.45) is 0 Å². The molecule has 0 radical (unpaired) electrons. The number of hydrogen-bond acceptors (Lipinski definition) is 6. The molecule has 0 fully saturated rings. The van der Waals surface area contributed by atoms with Crippen LogP contribution in [0.2, 0.25) is 0 Å². The lowest BCUT2D eigenvalue weighted by Crippen LogP contribution is -2.50. The second-order valence-corrected chi connectivity index (χ2v) is 13.9. The topological polar surface area (TPSA) is 99.1 Å². The van der Waals surface area contributed by atoms with Crippen LogP contribution in [0.4, 0.5) is 0 Å². The van der Waals surface area contributed by atoms with Crippen LogP contribution >= 0.6 is 0 Å². The van der Waals surface area contributed by atoms with Crippen LogP contribution in [0.3, 0.4) is 0 Å². The normalized spacial score (nSPS) is 14.1. The van der Waals surface area contributed by atoms with Crippen LogP contribution in [0.1, 0.15) is 117 Å². The van der Waals surface area contributed by atoms with Crippen LogP contribution in [0, 0.1) is 0 Å². The van der Waals surface area contributed by atoms with Crippen molar-refractivity contribution in [3.05, 3.63) is 97.2 Å². The third kappa shape index (κ3) is 33.8. The Morgan fingerprint density at radius 3 is 1.70 bits per heavy atom. The van der Waals surface area contributed by atoms with Gasteiger partial charge in [0.15, 0.2) is 12.1 Å². The van der Waals surface area contributed by atoms with E-state index in [9.17, 15) is 19.5 Å². The summed E-state index contributed by atoms with van der Waals surface area (Å²) in [7, 11) is 5.48. The fourth-order valence-corrected chi connectivity index (χ4v) is 5.07. The average molecular weight is 739 g/mol. The number of esters is 2. The van der Waals surface area contributed by atoms with Gasteiger partial charge in [-0.15, -0.1) is 0 Å². The van der Waals surface area contributed by atoms with Crippen LogP contribution in [-0.2, 0) is 28.6 Å². The molecule has 0 saturated heterocycles. The maximum absolute atomic E-state index is 12.7. The van der Waals surface area contributed by atoms with Gasteiger partial charge in [0.25, 0.3) is 0 Å². The standard InChI is InChI=1S/C45H71NO7/c1-6-8-10-12-14-16-18-20-22-24-26-28-30-32-34-36-44(48)53-41(39-51-38-37-42(45(49)50)46(3,4)5)40-52-43(47)35-33-31-29-27-25-23-21-19-17-15-13-11-9-7-2/h8-12,14-18,20-24,26,41-42H,6-7,13,19,25,27-40H2,1-5H3/p+1/b10-8+,11-9+,14-12+,17-15+,18-16+,22-20+,23-21+,26-24+. The molecule has 298 valence electrons. The number of likely N-dealkylation sites (N-methyl/N-ethyl adjacent to an activating group) is 1. The molecule has 8 nitrogen and oxygen atoms in total. The zero-order chi connectivity index (χ0) is 39.3. The van der Waals surface area contributed by atoms with Gasteiger partial charge in [0.1, 0.15) is 6.61 Å². The Bertz CT molecular complexity index is 1180. The van der Waals surface area contributed by atoms with Crippen molar-refractivity contribution in [2.75, 3.05) is 41.0 Å². The Balaban J connectivity index is 4.56. The van der Waals surface area contributed by atoms with E-state index in [1.54, 1.807) is 0 Å². The van der Waals surface area contributed by atoms with Gasteiger partial charge in [-0.3, -0.25) is 9.59 Å². The third-order valence-electron chi connectivity index (χ3n) is 8.11. The molecule has 0 rings (SSSR count). The van der Waals surface area contributed by atoms with Gasteiger partial charge in [0, 0.05) is 19.3 Å². The van der Waals surface area contributed by atoms with Crippen LogP contribution in [0.5, 0.6) is 0 Å². The first-order chi connectivity index (χ1) is 25.6. The second-order valence-electron chi connectivity index (χ2n) is 13.9. The van der Waals surface area contributed by atoms with Gasteiger partial charge in [0.2, 0.25) is 0 Å². The molecule has 0 aliphatic rings. The number of carbonyl (C=O) groups excluding carboxylic acids is 2. The van der Waals surface area contributed by atoms with Crippen molar-refractivity contribution in [1.82, 2.24) is 0 Å². The lowest BCUT2D eigenvalue weighted by atomic mass is 10.1. The van der Waals surface area contributed by atoms with Gasteiger partial charge in [-0.05, 0) is 64.2 Å². The summed E-state index contributed by atoms with van der Waals surface area (Å²) < 4.78 is 17.1. The lowest BCUT2D eigenvalue weighted by Gasteiger charge is -2.31. The first-order valence-electron chi connectivity index (χ1n) is 19.8. The van der Waals surface area contributed by atoms with Crippen molar-refractivity contribution >= 4 is 17.9 Å². The predicted octanol–water partition coefficient (Wildman–Crippen LogP) is 10.3. The summed E-state index contributed by atoms with van der Waals surface area (Å²) in [4.78, 5) is 36.8. The molecule has 0 saturated carbocycles. The summed E-state index contributed by atoms with van der Waals surface area (Å²) in [5, 5.41) is 9.59. The summed E-state index contributed by atoms with van der Waals surface area (Å²) in [5.74, 6) is -1.57. The van der Waals surface area contributed by atoms with Crippen molar-refractivity contribution in [3.63, 3.8) is 0 Å². The second kappa shape index (κ2) is 35.3. The highest BCUT2D eigenvalue weighted by atomic mass is 16.6. The number of aliphatic carboxylic acids is 1. The number of quaternary nitrogens is 1. The minimum atomic E-state index is -0.892. The van der Waals surface area contributed by atoms with E-state index in [0.717, 1.165) is 77.0 Å². The van der Waals surface area contributed by atoms with E-state index in [2.05, 4.69) is 62.5 Å². The molecule has 0 aromatic heterocycles. The Morgan fingerprint density at radius 1 is 0.585 bits per heavy atom. The Morgan fingerprint density at radius 2 is 1.09 bits per heavy atom. The summed E-state index contributed by atoms with van der Waals surface area (Å²) >= 11 is 0. The van der Waals surface area contributed by atoms with Crippen LogP contribution in [-0.4, -0.2) is 80.6 Å². The number of nitrogens with zero attached hydrogens (tertiary/aromatic N) is 1. The minimum Gasteiger partial charge on any atom is -0.477 e. The van der Waals surface area contributed by atoms with Gasteiger partial charge < -0.3 is 23.8 Å². The van der Waals surface area contributed by atoms with Gasteiger partial charge in [-0.25, -0.2) is 4.79 Å². The molecule has 0 bridgehead atoms. The number of rotatable bonds is 33. The van der Waals surface area contributed by atoms with E-state index in [1.807, 2.05) is 69.8 Å². The minimum absolute atomic E-state index is 0.0292. The SMILES string of the molecule is CC/C=C/C=C/C=C/C=C/C=C/CCCCCC(=O)OC(COCCC(C(=O)O)[N+](C)(C)C)COC(=O)CCCCCC/C=C/C/C=C/C/C=C/CC. The monoisotopic (exact) mass is 739 g/mol. The summed E-state index contributed by atoms with van der Waals surface area (Å²) in [6.07, 6.45) is 45.9. The molecule has 0 aliphatic heterocycles. The molecular formula is C45H72NO7+. The summed E-state index contributed by atoms with van der Waals surface area (Å²) in [5.41, 5.74) is 0. The maximum atomic E-state index is 12.7. The van der Waals surface area contributed by atoms with Gasteiger partial charge in [-0.2, -0.15) is 0 Å². The van der Waals surface area contributed by atoms with Crippen molar-refractivity contribution in [1.29, 1.82) is 0 Å². The Labute approximate surface area is 322 Å². The zero-order valence-electron chi connectivity index (χ0n) is 33.7. The summed E-state index contributed by atoms with van der Waals surface area (Å²) in [6.45, 7) is 4.37. The molecule has 0 aliphatic carbocycles. The zero-order valence-corrected chi connectivity index (χ0v) is 33.7. The van der Waals surface area contributed by atoms with E-state index < -0.39 is 18.1 Å². The van der Waals surface area contributed by atoms with Crippen LogP contribution < -0.4 is 0 Å². The van der Waals surface area contributed by atoms with E-state index >= 15 is 0 Å². The largest absolute Gasteiger partial charge is 0.477 e. The van der Waals surface area contributed by atoms with Crippen LogP contribution in [0.25, 0.3) is 0 Å². The van der Waals surface area contributed by atoms with E-state index in [4.69, 9.17) is 14.2 Å². The number of carbonyl (C=O) groups is 3. The first-order valence-corrected chi connectivity index (χ1v) is 19.8. The number of carboxylic acids is 1. The Kier molecular flexibility index (Phi) is 32.8. The quantitative estimate of drug-likeness (QED) is 0.0235. The molecule has 0 aromatic rings. The molecule has 0 amide bonds. The number of unbranched alkanes of at least 4 members (excludes halogenated alkanes) is 7. The molecule has 2 unspecified atom stereocenters. The highest BCUT2D eigenvalue weighted by Crippen LogP contribution is 2.11. The molecule has 2 atom stereocenters. The molecule has 8 heteroatoms. The first kappa shape index (κ1) is 49.2. The van der Waals surface area contributed by atoms with E-state index in [1.165, 1.54) is 0 Å². The highest BCUT2D eigenvalue weighted by Gasteiger charge is 2.31. The van der Waals surface area contributed by atoms with Crippen LogP contribution in [0.15, 0.2) is 97.2 Å². The van der Waals surface area contributed by atoms with Crippen molar-refractivity contribution in [2.45, 2.75) is 129 Å². The number of carboxylic acid groups (broad SMARTS) is 1. The number of ether oxygens (including phenoxy) is 3. The van der Waals surface area contributed by atoms with Crippen molar-refractivity contribution in [3.8, 4) is 0 Å².